The number of aromatic nitrogens is 2. The van der Waals surface area contributed by atoms with Crippen molar-refractivity contribution in [2.24, 2.45) is 5.92 Å². The molecule has 1 aromatic rings. The van der Waals surface area contributed by atoms with Crippen molar-refractivity contribution in [2.75, 3.05) is 13.2 Å². The van der Waals surface area contributed by atoms with Gasteiger partial charge in [0.25, 0.3) is 0 Å². The van der Waals surface area contributed by atoms with Gasteiger partial charge in [0.1, 0.15) is 0 Å². The van der Waals surface area contributed by atoms with Gasteiger partial charge in [-0.1, -0.05) is 6.92 Å². The van der Waals surface area contributed by atoms with Crippen LogP contribution < -0.4 is 5.32 Å². The Morgan fingerprint density at radius 1 is 1.60 bits per heavy atom. The molecular formula is C14H22BrN3O2. The summed E-state index contributed by atoms with van der Waals surface area (Å²) < 4.78 is 8.40. The zero-order chi connectivity index (χ0) is 14.7. The van der Waals surface area contributed by atoms with Crippen molar-refractivity contribution in [2.45, 2.75) is 46.3 Å². The maximum absolute atomic E-state index is 12.1. The largest absolute Gasteiger partial charge is 0.376 e. The first-order valence-corrected chi connectivity index (χ1v) is 7.87. The Labute approximate surface area is 128 Å². The fraction of sp³-hybridized carbons (Fsp3) is 0.714. The highest BCUT2D eigenvalue weighted by molar-refractivity contribution is 9.10. The van der Waals surface area contributed by atoms with Crippen LogP contribution in [0.4, 0.5) is 0 Å². The van der Waals surface area contributed by atoms with Crippen LogP contribution >= 0.6 is 15.9 Å². The molecule has 0 aliphatic carbocycles. The van der Waals surface area contributed by atoms with E-state index in [9.17, 15) is 4.79 Å². The highest BCUT2D eigenvalue weighted by Crippen LogP contribution is 2.20. The second-order valence-electron chi connectivity index (χ2n) is 5.45. The number of carbonyl (C=O) groups is 1. The van der Waals surface area contributed by atoms with Gasteiger partial charge in [-0.15, -0.1) is 0 Å². The average molecular weight is 344 g/mol. The fourth-order valence-electron chi connectivity index (χ4n) is 2.39. The van der Waals surface area contributed by atoms with Crippen molar-refractivity contribution < 1.29 is 9.53 Å². The number of hydrogen-bond acceptors (Lipinski definition) is 3. The number of aryl methyl sites for hydroxylation is 1. The van der Waals surface area contributed by atoms with Crippen molar-refractivity contribution in [3.63, 3.8) is 0 Å². The third-order valence-corrected chi connectivity index (χ3v) is 4.86. The minimum Gasteiger partial charge on any atom is -0.376 e. The number of halogens is 1. The van der Waals surface area contributed by atoms with Crippen molar-refractivity contribution in [3.8, 4) is 0 Å². The average Bonchev–Trinajstić information content (AvgIpc) is 3.02. The van der Waals surface area contributed by atoms with Gasteiger partial charge in [-0.25, -0.2) is 0 Å². The molecule has 1 N–H and O–H groups in total. The number of rotatable bonds is 5. The Balaban J connectivity index is 1.85. The number of ether oxygens (including phenoxy) is 1. The van der Waals surface area contributed by atoms with Crippen LogP contribution in [0, 0.1) is 19.8 Å². The fourth-order valence-corrected chi connectivity index (χ4v) is 2.67. The van der Waals surface area contributed by atoms with Crippen LogP contribution in [0.15, 0.2) is 4.47 Å². The van der Waals surface area contributed by atoms with Gasteiger partial charge in [-0.2, -0.15) is 5.10 Å². The highest BCUT2D eigenvalue weighted by Gasteiger charge is 2.20. The van der Waals surface area contributed by atoms with Crippen molar-refractivity contribution >= 4 is 21.8 Å². The van der Waals surface area contributed by atoms with Gasteiger partial charge in [0.2, 0.25) is 5.91 Å². The molecule has 1 fully saturated rings. The minimum atomic E-state index is -0.110. The molecule has 1 amide bonds. The number of nitrogens with one attached hydrogen (secondary N) is 1. The number of carbonyl (C=O) groups excluding carboxylic acids is 1. The van der Waals surface area contributed by atoms with Crippen LogP contribution in [0.3, 0.4) is 0 Å². The second kappa shape index (κ2) is 6.72. The van der Waals surface area contributed by atoms with Crippen LogP contribution in [0.2, 0.25) is 0 Å². The normalized spacial score (nSPS) is 20.1. The molecule has 2 rings (SSSR count). The van der Waals surface area contributed by atoms with E-state index in [1.807, 2.05) is 25.5 Å². The summed E-state index contributed by atoms with van der Waals surface area (Å²) in [5, 5.41) is 7.40. The first-order valence-electron chi connectivity index (χ1n) is 7.08. The Hall–Kier alpha value is -0.880. The van der Waals surface area contributed by atoms with Crippen molar-refractivity contribution in [1.29, 1.82) is 0 Å². The highest BCUT2D eigenvalue weighted by atomic mass is 79.9. The van der Waals surface area contributed by atoms with E-state index in [-0.39, 0.29) is 17.9 Å². The zero-order valence-corrected chi connectivity index (χ0v) is 13.9. The molecule has 6 heteroatoms. The number of nitrogens with zero attached hydrogens (tertiary/aromatic N) is 2. The molecule has 0 bridgehead atoms. The van der Waals surface area contributed by atoms with E-state index >= 15 is 0 Å². The van der Waals surface area contributed by atoms with Gasteiger partial charge in [0.05, 0.1) is 28.7 Å². The molecule has 1 aliphatic heterocycles. The molecule has 0 saturated carbocycles. The molecule has 112 valence electrons. The van der Waals surface area contributed by atoms with Crippen LogP contribution in [0.1, 0.15) is 31.2 Å². The maximum Gasteiger partial charge on any atom is 0.224 e. The van der Waals surface area contributed by atoms with E-state index in [0.717, 1.165) is 35.3 Å². The summed E-state index contributed by atoms with van der Waals surface area (Å²) in [7, 11) is 0. The van der Waals surface area contributed by atoms with Gasteiger partial charge in [0, 0.05) is 18.8 Å². The Kier molecular flexibility index (Phi) is 5.21. The third-order valence-electron chi connectivity index (χ3n) is 3.72. The van der Waals surface area contributed by atoms with Gasteiger partial charge < -0.3 is 10.1 Å². The monoisotopic (exact) mass is 343 g/mol. The quantitative estimate of drug-likeness (QED) is 0.891. The van der Waals surface area contributed by atoms with Gasteiger partial charge >= 0.3 is 0 Å². The molecule has 20 heavy (non-hydrogen) atoms. The molecule has 2 atom stereocenters. The van der Waals surface area contributed by atoms with E-state index in [1.54, 1.807) is 0 Å². The minimum absolute atomic E-state index is 0.0594. The Morgan fingerprint density at radius 2 is 2.35 bits per heavy atom. The summed E-state index contributed by atoms with van der Waals surface area (Å²) in [6.45, 7) is 7.90. The van der Waals surface area contributed by atoms with E-state index in [4.69, 9.17) is 4.74 Å². The summed E-state index contributed by atoms with van der Waals surface area (Å²) in [6.07, 6.45) is 2.32. The molecule has 2 heterocycles. The van der Waals surface area contributed by atoms with Gasteiger partial charge in [0.15, 0.2) is 0 Å². The molecule has 1 saturated heterocycles. The first-order chi connectivity index (χ1) is 9.49. The molecule has 0 aromatic carbocycles. The molecule has 5 nitrogen and oxygen atoms in total. The lowest BCUT2D eigenvalue weighted by Crippen LogP contribution is -2.36. The summed E-state index contributed by atoms with van der Waals surface area (Å²) in [6, 6.07) is 0. The molecule has 1 aliphatic rings. The molecule has 0 spiro atoms. The summed E-state index contributed by atoms with van der Waals surface area (Å²) in [5.41, 5.74) is 2.01. The maximum atomic E-state index is 12.1. The third kappa shape index (κ3) is 3.61. The van der Waals surface area contributed by atoms with Crippen LogP contribution in [-0.2, 0) is 16.1 Å². The predicted octanol–water partition coefficient (Wildman–Crippen LogP) is 2.19. The second-order valence-corrected chi connectivity index (χ2v) is 6.24. The SMILES string of the molecule is Cc1nn(CC(C)C(=O)NCC2CCCO2)c(C)c1Br. The van der Waals surface area contributed by atoms with E-state index in [1.165, 1.54) is 0 Å². The summed E-state index contributed by atoms with van der Waals surface area (Å²) in [5.74, 6) is -0.0505. The lowest BCUT2D eigenvalue weighted by molar-refractivity contribution is -0.125. The lowest BCUT2D eigenvalue weighted by atomic mass is 10.1. The predicted molar refractivity (Wildman–Crippen MR) is 80.5 cm³/mol. The zero-order valence-electron chi connectivity index (χ0n) is 12.3. The molecular weight excluding hydrogens is 322 g/mol. The van der Waals surface area contributed by atoms with E-state index < -0.39 is 0 Å². The number of hydrogen-bond donors (Lipinski definition) is 1. The number of amides is 1. The van der Waals surface area contributed by atoms with Crippen LogP contribution in [0.25, 0.3) is 0 Å². The molecule has 0 radical (unpaired) electrons. The molecule has 2 unspecified atom stereocenters. The van der Waals surface area contributed by atoms with E-state index in [2.05, 4.69) is 26.3 Å². The Bertz CT molecular complexity index is 481. The summed E-state index contributed by atoms with van der Waals surface area (Å²) in [4.78, 5) is 12.1. The van der Waals surface area contributed by atoms with Gasteiger partial charge in [-0.05, 0) is 42.6 Å². The first kappa shape index (κ1) is 15.5. The van der Waals surface area contributed by atoms with Crippen molar-refractivity contribution in [1.82, 2.24) is 15.1 Å². The standard InChI is InChI=1S/C14H22BrN3O2/c1-9(8-18-11(3)13(15)10(2)17-18)14(19)16-7-12-5-4-6-20-12/h9,12H,4-8H2,1-3H3,(H,16,19). The molecule has 1 aromatic heterocycles. The van der Waals surface area contributed by atoms with Crippen LogP contribution in [0.5, 0.6) is 0 Å². The Morgan fingerprint density at radius 3 is 2.90 bits per heavy atom. The lowest BCUT2D eigenvalue weighted by Gasteiger charge is -2.15. The smallest absolute Gasteiger partial charge is 0.224 e. The van der Waals surface area contributed by atoms with Crippen molar-refractivity contribution in [3.05, 3.63) is 15.9 Å². The summed E-state index contributed by atoms with van der Waals surface area (Å²) >= 11 is 3.50. The van der Waals surface area contributed by atoms with Crippen LogP contribution in [-0.4, -0.2) is 34.9 Å². The topological polar surface area (TPSA) is 56.2 Å². The van der Waals surface area contributed by atoms with E-state index in [0.29, 0.717) is 13.1 Å². The van der Waals surface area contributed by atoms with Gasteiger partial charge in [-0.3, -0.25) is 9.48 Å².